The first-order valence-corrected chi connectivity index (χ1v) is 5.94. The third-order valence-electron chi connectivity index (χ3n) is 2.15. The molecule has 0 aliphatic carbocycles. The lowest BCUT2D eigenvalue weighted by atomic mass is 9.86. The van der Waals surface area contributed by atoms with Gasteiger partial charge in [0.15, 0.2) is 0 Å². The SMILES string of the molecule is CC(C)(C)c1cccc(S(=O)(=O)O)c1N. The molecule has 0 saturated heterocycles. The lowest BCUT2D eigenvalue weighted by Gasteiger charge is -2.22. The van der Waals surface area contributed by atoms with Crippen LogP contribution in [0.15, 0.2) is 23.1 Å². The van der Waals surface area contributed by atoms with Crippen LogP contribution in [0, 0.1) is 0 Å². The van der Waals surface area contributed by atoms with Gasteiger partial charge < -0.3 is 5.73 Å². The molecule has 84 valence electrons. The van der Waals surface area contributed by atoms with Crippen molar-refractivity contribution in [3.8, 4) is 0 Å². The van der Waals surface area contributed by atoms with Crippen LogP contribution in [0.3, 0.4) is 0 Å². The van der Waals surface area contributed by atoms with Crippen molar-refractivity contribution in [1.82, 2.24) is 0 Å². The van der Waals surface area contributed by atoms with Crippen LogP contribution in [0.2, 0.25) is 0 Å². The molecule has 0 aliphatic rings. The number of nitrogen functional groups attached to an aromatic ring is 1. The predicted octanol–water partition coefficient (Wildman–Crippen LogP) is 1.81. The van der Waals surface area contributed by atoms with Gasteiger partial charge in [0.1, 0.15) is 4.90 Å². The van der Waals surface area contributed by atoms with Crippen LogP contribution in [0.25, 0.3) is 0 Å². The third-order valence-corrected chi connectivity index (χ3v) is 3.06. The molecule has 0 saturated carbocycles. The number of nitrogens with two attached hydrogens (primary N) is 1. The Hall–Kier alpha value is -1.07. The zero-order valence-corrected chi connectivity index (χ0v) is 9.80. The van der Waals surface area contributed by atoms with Crippen molar-refractivity contribution >= 4 is 15.8 Å². The molecule has 0 amide bonds. The molecule has 1 aromatic rings. The molecule has 0 bridgehead atoms. The van der Waals surface area contributed by atoms with Crippen LogP contribution in [-0.2, 0) is 15.5 Å². The summed E-state index contributed by atoms with van der Waals surface area (Å²) in [4.78, 5) is -0.227. The molecule has 0 radical (unpaired) electrons. The van der Waals surface area contributed by atoms with Crippen molar-refractivity contribution in [1.29, 1.82) is 0 Å². The van der Waals surface area contributed by atoms with E-state index in [1.54, 1.807) is 12.1 Å². The summed E-state index contributed by atoms with van der Waals surface area (Å²) in [7, 11) is -4.24. The van der Waals surface area contributed by atoms with Crippen molar-refractivity contribution in [2.24, 2.45) is 0 Å². The van der Waals surface area contributed by atoms with E-state index in [4.69, 9.17) is 10.3 Å². The van der Waals surface area contributed by atoms with Gasteiger partial charge in [-0.2, -0.15) is 8.42 Å². The standard InChI is InChI=1S/C10H15NO3S/c1-10(2,3)7-5-4-6-8(9(7)11)15(12,13)14/h4-6H,11H2,1-3H3,(H,12,13,14). The van der Waals surface area contributed by atoms with E-state index in [2.05, 4.69) is 0 Å². The predicted molar refractivity (Wildman–Crippen MR) is 59.4 cm³/mol. The Balaban J connectivity index is 3.51. The molecule has 0 fully saturated rings. The highest BCUT2D eigenvalue weighted by Crippen LogP contribution is 2.31. The fraction of sp³-hybridized carbons (Fsp3) is 0.400. The average Bonchev–Trinajstić information content (AvgIpc) is 1.99. The highest BCUT2D eigenvalue weighted by Gasteiger charge is 2.22. The monoisotopic (exact) mass is 229 g/mol. The number of anilines is 1. The second-order valence-corrected chi connectivity index (χ2v) is 5.83. The fourth-order valence-electron chi connectivity index (χ4n) is 1.42. The highest BCUT2D eigenvalue weighted by molar-refractivity contribution is 7.86. The van der Waals surface area contributed by atoms with Gasteiger partial charge >= 0.3 is 0 Å². The Morgan fingerprint density at radius 3 is 2.20 bits per heavy atom. The van der Waals surface area contributed by atoms with Crippen LogP contribution in [0.4, 0.5) is 5.69 Å². The van der Waals surface area contributed by atoms with Crippen molar-refractivity contribution in [3.63, 3.8) is 0 Å². The zero-order valence-electron chi connectivity index (χ0n) is 8.98. The van der Waals surface area contributed by atoms with Gasteiger partial charge in [-0.15, -0.1) is 0 Å². The molecular formula is C10H15NO3S. The summed E-state index contributed by atoms with van der Waals surface area (Å²) < 4.78 is 31.0. The Morgan fingerprint density at radius 1 is 1.27 bits per heavy atom. The van der Waals surface area contributed by atoms with Crippen LogP contribution in [-0.4, -0.2) is 13.0 Å². The van der Waals surface area contributed by atoms with Crippen LogP contribution >= 0.6 is 0 Å². The topological polar surface area (TPSA) is 80.4 Å². The Morgan fingerprint density at radius 2 is 1.80 bits per heavy atom. The Labute approximate surface area is 89.9 Å². The van der Waals surface area contributed by atoms with E-state index >= 15 is 0 Å². The third kappa shape index (κ3) is 2.49. The van der Waals surface area contributed by atoms with E-state index in [1.807, 2.05) is 20.8 Å². The largest absolute Gasteiger partial charge is 0.397 e. The molecule has 1 rings (SSSR count). The van der Waals surface area contributed by atoms with Crippen molar-refractivity contribution in [2.45, 2.75) is 31.1 Å². The number of rotatable bonds is 1. The van der Waals surface area contributed by atoms with Gasteiger partial charge in [0.25, 0.3) is 10.1 Å². The van der Waals surface area contributed by atoms with Crippen LogP contribution in [0.5, 0.6) is 0 Å². The lowest BCUT2D eigenvalue weighted by molar-refractivity contribution is 0.483. The first-order valence-electron chi connectivity index (χ1n) is 4.50. The Bertz CT molecular complexity index is 472. The van der Waals surface area contributed by atoms with E-state index in [0.717, 1.165) is 0 Å². The minimum absolute atomic E-state index is 0.118. The summed E-state index contributed by atoms with van der Waals surface area (Å²) in [5.41, 5.74) is 6.28. The smallest absolute Gasteiger partial charge is 0.296 e. The maximum absolute atomic E-state index is 11.0. The molecule has 3 N–H and O–H groups in total. The summed E-state index contributed by atoms with van der Waals surface area (Å²) in [6.45, 7) is 5.77. The minimum Gasteiger partial charge on any atom is -0.397 e. The molecule has 0 unspecified atom stereocenters. The van der Waals surface area contributed by atoms with Gasteiger partial charge in [0.2, 0.25) is 0 Å². The van der Waals surface area contributed by atoms with Crippen molar-refractivity contribution < 1.29 is 13.0 Å². The van der Waals surface area contributed by atoms with Gasteiger partial charge in [-0.1, -0.05) is 32.9 Å². The summed E-state index contributed by atoms with van der Waals surface area (Å²) in [6, 6.07) is 4.62. The van der Waals surface area contributed by atoms with Gasteiger partial charge in [0.05, 0.1) is 5.69 Å². The molecule has 0 atom stereocenters. The van der Waals surface area contributed by atoms with Gasteiger partial charge in [-0.25, -0.2) is 0 Å². The number of hydrogen-bond donors (Lipinski definition) is 2. The molecule has 15 heavy (non-hydrogen) atoms. The molecule has 0 spiro atoms. The fourth-order valence-corrected chi connectivity index (χ4v) is 2.06. The maximum atomic E-state index is 11.0. The van der Waals surface area contributed by atoms with Crippen LogP contribution in [0.1, 0.15) is 26.3 Å². The molecule has 0 aliphatic heterocycles. The molecule has 0 heterocycles. The van der Waals surface area contributed by atoms with Crippen molar-refractivity contribution in [2.75, 3.05) is 5.73 Å². The Kier molecular flexibility index (Phi) is 2.80. The molecule has 1 aromatic carbocycles. The molecule has 0 aromatic heterocycles. The van der Waals surface area contributed by atoms with Crippen molar-refractivity contribution in [3.05, 3.63) is 23.8 Å². The number of benzene rings is 1. The van der Waals surface area contributed by atoms with E-state index in [0.29, 0.717) is 5.56 Å². The van der Waals surface area contributed by atoms with Gasteiger partial charge in [0, 0.05) is 0 Å². The van der Waals surface area contributed by atoms with E-state index in [-0.39, 0.29) is 16.0 Å². The number of para-hydroxylation sites is 1. The van der Waals surface area contributed by atoms with E-state index in [1.165, 1.54) is 6.07 Å². The highest BCUT2D eigenvalue weighted by atomic mass is 32.2. The molecule has 5 heteroatoms. The quantitative estimate of drug-likeness (QED) is 0.568. The van der Waals surface area contributed by atoms with E-state index in [9.17, 15) is 8.42 Å². The maximum Gasteiger partial charge on any atom is 0.296 e. The van der Waals surface area contributed by atoms with Gasteiger partial charge in [-0.05, 0) is 17.0 Å². The second kappa shape index (κ2) is 3.50. The molecular weight excluding hydrogens is 214 g/mol. The van der Waals surface area contributed by atoms with Crippen LogP contribution < -0.4 is 5.73 Å². The summed E-state index contributed by atoms with van der Waals surface area (Å²) >= 11 is 0. The average molecular weight is 229 g/mol. The summed E-state index contributed by atoms with van der Waals surface area (Å²) in [6.07, 6.45) is 0. The first-order chi connectivity index (χ1) is 6.64. The zero-order chi connectivity index (χ0) is 11.9. The number of hydrogen-bond acceptors (Lipinski definition) is 3. The lowest BCUT2D eigenvalue weighted by Crippen LogP contribution is -2.16. The summed E-state index contributed by atoms with van der Waals surface area (Å²) in [5.74, 6) is 0. The van der Waals surface area contributed by atoms with E-state index < -0.39 is 10.1 Å². The first kappa shape index (κ1) is 12.0. The van der Waals surface area contributed by atoms with Gasteiger partial charge in [-0.3, -0.25) is 4.55 Å². The minimum atomic E-state index is -4.24. The summed E-state index contributed by atoms with van der Waals surface area (Å²) in [5, 5.41) is 0. The second-order valence-electron chi connectivity index (χ2n) is 4.44. The normalized spacial score (nSPS) is 12.8. The molecule has 4 nitrogen and oxygen atoms in total.